The molecule has 0 radical (unpaired) electrons. The highest BCUT2D eigenvalue weighted by molar-refractivity contribution is 6.29. The Morgan fingerprint density at radius 2 is 1.94 bits per heavy atom. The molecular formula is C13H19ClN4. The molecule has 0 aliphatic carbocycles. The minimum Gasteiger partial charge on any atom is -0.348 e. The van der Waals surface area contributed by atoms with Gasteiger partial charge < -0.3 is 9.80 Å². The molecule has 98 valence electrons. The van der Waals surface area contributed by atoms with E-state index in [1.807, 2.05) is 12.1 Å². The maximum atomic E-state index is 5.82. The Bertz CT molecular complexity index is 422. The Balaban J connectivity index is 1.88. The molecule has 0 amide bonds. The number of piperidine rings is 1. The van der Waals surface area contributed by atoms with Crippen molar-refractivity contribution in [3.05, 3.63) is 17.3 Å². The van der Waals surface area contributed by atoms with Crippen LogP contribution in [0.25, 0.3) is 0 Å². The molecule has 0 bridgehead atoms. The number of anilines is 1. The lowest BCUT2D eigenvalue weighted by molar-refractivity contribution is 0.179. The molecule has 2 aliphatic rings. The second kappa shape index (κ2) is 4.67. The van der Waals surface area contributed by atoms with Crippen molar-refractivity contribution in [3.63, 3.8) is 0 Å². The van der Waals surface area contributed by atoms with E-state index in [0.717, 1.165) is 18.9 Å². The van der Waals surface area contributed by atoms with E-state index in [1.54, 1.807) is 0 Å². The zero-order valence-corrected chi connectivity index (χ0v) is 11.5. The summed E-state index contributed by atoms with van der Waals surface area (Å²) in [4.78, 5) is 4.89. The van der Waals surface area contributed by atoms with Gasteiger partial charge in [-0.05, 0) is 51.4 Å². The first-order chi connectivity index (χ1) is 8.70. The highest BCUT2D eigenvalue weighted by Crippen LogP contribution is 2.39. The van der Waals surface area contributed by atoms with E-state index >= 15 is 0 Å². The minimum atomic E-state index is 0.273. The van der Waals surface area contributed by atoms with Crippen LogP contribution in [0.3, 0.4) is 0 Å². The number of halogens is 1. The molecule has 2 aliphatic heterocycles. The van der Waals surface area contributed by atoms with E-state index in [4.69, 9.17) is 11.6 Å². The topological polar surface area (TPSA) is 32.3 Å². The Morgan fingerprint density at radius 3 is 2.61 bits per heavy atom. The second-order valence-electron chi connectivity index (χ2n) is 5.54. The summed E-state index contributed by atoms with van der Waals surface area (Å²) < 4.78 is 0. The molecule has 0 N–H and O–H groups in total. The number of hydrogen-bond acceptors (Lipinski definition) is 4. The third-order valence-electron chi connectivity index (χ3n) is 4.24. The molecule has 1 unspecified atom stereocenters. The summed E-state index contributed by atoms with van der Waals surface area (Å²) >= 11 is 5.82. The van der Waals surface area contributed by atoms with Gasteiger partial charge in [0, 0.05) is 13.1 Å². The van der Waals surface area contributed by atoms with E-state index in [1.165, 1.54) is 32.2 Å². The van der Waals surface area contributed by atoms with Crippen molar-refractivity contribution in [2.24, 2.45) is 0 Å². The number of aromatic nitrogens is 2. The summed E-state index contributed by atoms with van der Waals surface area (Å²) in [6.07, 6.45) is 5.05. The van der Waals surface area contributed by atoms with Gasteiger partial charge in [-0.3, -0.25) is 0 Å². The first kappa shape index (κ1) is 12.2. The molecule has 2 saturated heterocycles. The summed E-state index contributed by atoms with van der Waals surface area (Å²) in [6, 6.07) is 3.83. The van der Waals surface area contributed by atoms with Crippen molar-refractivity contribution in [3.8, 4) is 0 Å². The number of hydrogen-bond donors (Lipinski definition) is 0. The highest BCUT2D eigenvalue weighted by atomic mass is 35.5. The first-order valence-corrected chi connectivity index (χ1v) is 7.03. The van der Waals surface area contributed by atoms with Crippen LogP contribution in [-0.2, 0) is 0 Å². The molecule has 1 spiro atoms. The number of rotatable bonds is 1. The lowest BCUT2D eigenvalue weighted by Gasteiger charge is -2.45. The van der Waals surface area contributed by atoms with E-state index < -0.39 is 0 Å². The Kier molecular flexibility index (Phi) is 3.16. The molecule has 1 atom stereocenters. The molecular weight excluding hydrogens is 248 g/mol. The van der Waals surface area contributed by atoms with Crippen molar-refractivity contribution in [1.29, 1.82) is 0 Å². The van der Waals surface area contributed by atoms with Crippen molar-refractivity contribution < 1.29 is 0 Å². The number of nitrogens with zero attached hydrogens (tertiary/aromatic N) is 4. The van der Waals surface area contributed by atoms with E-state index in [-0.39, 0.29) is 5.54 Å². The Hall–Kier alpha value is -0.870. The standard InChI is InChI=1S/C13H19ClN4/c1-17-8-2-6-13(10-17)7-3-9-18(13)12-5-4-11(14)15-16-12/h4-5H,2-3,6-10H2,1H3. The third kappa shape index (κ3) is 2.08. The molecule has 3 rings (SSSR count). The van der Waals surface area contributed by atoms with Crippen LogP contribution in [0.1, 0.15) is 25.7 Å². The third-order valence-corrected chi connectivity index (χ3v) is 4.44. The van der Waals surface area contributed by atoms with Gasteiger partial charge in [0.15, 0.2) is 11.0 Å². The van der Waals surface area contributed by atoms with E-state index in [2.05, 4.69) is 27.0 Å². The van der Waals surface area contributed by atoms with Gasteiger partial charge in [-0.1, -0.05) is 11.6 Å². The minimum absolute atomic E-state index is 0.273. The van der Waals surface area contributed by atoms with Crippen LogP contribution in [0.4, 0.5) is 5.82 Å². The largest absolute Gasteiger partial charge is 0.348 e. The summed E-state index contributed by atoms with van der Waals surface area (Å²) in [5.41, 5.74) is 0.273. The summed E-state index contributed by atoms with van der Waals surface area (Å²) in [7, 11) is 2.21. The molecule has 2 fully saturated rings. The van der Waals surface area contributed by atoms with Gasteiger partial charge in [0.25, 0.3) is 0 Å². The lowest BCUT2D eigenvalue weighted by atomic mass is 9.86. The van der Waals surface area contributed by atoms with Crippen LogP contribution in [0.2, 0.25) is 5.15 Å². The maximum absolute atomic E-state index is 5.82. The van der Waals surface area contributed by atoms with Gasteiger partial charge >= 0.3 is 0 Å². The molecule has 18 heavy (non-hydrogen) atoms. The van der Waals surface area contributed by atoms with Crippen LogP contribution in [0.5, 0.6) is 0 Å². The zero-order valence-electron chi connectivity index (χ0n) is 10.8. The van der Waals surface area contributed by atoms with Crippen LogP contribution in [0.15, 0.2) is 12.1 Å². The van der Waals surface area contributed by atoms with Crippen molar-refractivity contribution in [1.82, 2.24) is 15.1 Å². The normalized spacial score (nSPS) is 29.1. The second-order valence-corrected chi connectivity index (χ2v) is 5.92. The molecule has 3 heterocycles. The van der Waals surface area contributed by atoms with Gasteiger partial charge in [-0.15, -0.1) is 10.2 Å². The SMILES string of the molecule is CN1CCCC2(CCCN2c2ccc(Cl)nn2)C1. The van der Waals surface area contributed by atoms with Gasteiger partial charge in [-0.2, -0.15) is 0 Å². The highest BCUT2D eigenvalue weighted by Gasteiger charge is 2.43. The van der Waals surface area contributed by atoms with Crippen LogP contribution < -0.4 is 4.90 Å². The fourth-order valence-electron chi connectivity index (χ4n) is 3.51. The predicted molar refractivity (Wildman–Crippen MR) is 73.1 cm³/mol. The van der Waals surface area contributed by atoms with Gasteiger partial charge in [0.1, 0.15) is 0 Å². The van der Waals surface area contributed by atoms with Crippen molar-refractivity contribution in [2.45, 2.75) is 31.2 Å². The average Bonchev–Trinajstić information content (AvgIpc) is 2.73. The summed E-state index contributed by atoms with van der Waals surface area (Å²) in [5.74, 6) is 0.979. The van der Waals surface area contributed by atoms with Gasteiger partial charge in [0.2, 0.25) is 0 Å². The molecule has 4 nitrogen and oxygen atoms in total. The molecule has 1 aromatic heterocycles. The van der Waals surface area contributed by atoms with Crippen molar-refractivity contribution in [2.75, 3.05) is 31.6 Å². The first-order valence-electron chi connectivity index (χ1n) is 6.65. The average molecular weight is 267 g/mol. The fourth-order valence-corrected chi connectivity index (χ4v) is 3.61. The van der Waals surface area contributed by atoms with Crippen LogP contribution in [0, 0.1) is 0 Å². The lowest BCUT2D eigenvalue weighted by Crippen LogP contribution is -2.55. The van der Waals surface area contributed by atoms with E-state index in [9.17, 15) is 0 Å². The maximum Gasteiger partial charge on any atom is 0.151 e. The quantitative estimate of drug-likeness (QED) is 0.780. The smallest absolute Gasteiger partial charge is 0.151 e. The summed E-state index contributed by atoms with van der Waals surface area (Å²) in [5, 5.41) is 8.71. The molecule has 0 saturated carbocycles. The molecule has 1 aromatic rings. The number of likely N-dealkylation sites (tertiary alicyclic amines) is 1. The van der Waals surface area contributed by atoms with Gasteiger partial charge in [-0.25, -0.2) is 0 Å². The predicted octanol–water partition coefficient (Wildman–Crippen LogP) is 2.19. The zero-order chi connectivity index (χ0) is 12.6. The Morgan fingerprint density at radius 1 is 1.17 bits per heavy atom. The molecule has 0 aromatic carbocycles. The summed E-state index contributed by atoms with van der Waals surface area (Å²) in [6.45, 7) is 3.43. The van der Waals surface area contributed by atoms with E-state index in [0.29, 0.717) is 5.15 Å². The monoisotopic (exact) mass is 266 g/mol. The van der Waals surface area contributed by atoms with Crippen LogP contribution in [-0.4, -0.2) is 47.3 Å². The van der Waals surface area contributed by atoms with Crippen LogP contribution >= 0.6 is 11.6 Å². The number of likely N-dealkylation sites (N-methyl/N-ethyl adjacent to an activating group) is 1. The molecule has 5 heteroatoms. The fraction of sp³-hybridized carbons (Fsp3) is 0.692. The van der Waals surface area contributed by atoms with Gasteiger partial charge in [0.05, 0.1) is 5.54 Å². The Labute approximate surface area is 113 Å². The van der Waals surface area contributed by atoms with Crippen molar-refractivity contribution >= 4 is 17.4 Å².